The third kappa shape index (κ3) is 1.90. The van der Waals surface area contributed by atoms with Crippen LogP contribution in [0.1, 0.15) is 49.8 Å². The van der Waals surface area contributed by atoms with Crippen LogP contribution >= 0.6 is 0 Å². The number of nitrogens with zero attached hydrogens (tertiary/aromatic N) is 1. The zero-order valence-corrected chi connectivity index (χ0v) is 13.0. The molecule has 1 aliphatic heterocycles. The maximum atomic E-state index is 12.3. The molecule has 0 aromatic heterocycles. The Morgan fingerprint density at radius 1 is 1.00 bits per heavy atom. The van der Waals surface area contributed by atoms with E-state index in [0.717, 1.165) is 12.8 Å². The van der Waals surface area contributed by atoms with E-state index >= 15 is 0 Å². The van der Waals surface area contributed by atoms with Gasteiger partial charge in [-0.25, -0.2) is 0 Å². The molecule has 0 spiro atoms. The first kappa shape index (κ1) is 13.6. The molecule has 1 amide bonds. The lowest BCUT2D eigenvalue weighted by molar-refractivity contribution is -0.149. The van der Waals surface area contributed by atoms with Crippen molar-refractivity contribution in [3.05, 3.63) is 59.7 Å². The van der Waals surface area contributed by atoms with Crippen LogP contribution < -0.4 is 0 Å². The molecule has 22 heavy (non-hydrogen) atoms. The van der Waals surface area contributed by atoms with Gasteiger partial charge in [-0.05, 0) is 28.7 Å². The Morgan fingerprint density at radius 3 is 2.14 bits per heavy atom. The maximum Gasteiger partial charge on any atom is 0.225 e. The minimum absolute atomic E-state index is 0.121. The van der Waals surface area contributed by atoms with Crippen molar-refractivity contribution >= 4 is 5.91 Å². The summed E-state index contributed by atoms with van der Waals surface area (Å²) in [6, 6.07) is 17.6. The van der Waals surface area contributed by atoms with Crippen molar-refractivity contribution in [3.8, 4) is 11.1 Å². The summed E-state index contributed by atoms with van der Waals surface area (Å²) in [5.41, 5.74) is 5.16. The summed E-state index contributed by atoms with van der Waals surface area (Å²) >= 11 is 0. The SMILES string of the molecule is CCCCC1CC(=O)N1C1c2ccccc2-c2ccccc21. The van der Waals surface area contributed by atoms with E-state index in [0.29, 0.717) is 11.9 Å². The molecule has 0 bridgehead atoms. The van der Waals surface area contributed by atoms with Gasteiger partial charge in [0.2, 0.25) is 5.91 Å². The van der Waals surface area contributed by atoms with Gasteiger partial charge in [-0.2, -0.15) is 0 Å². The number of rotatable bonds is 4. The second-order valence-corrected chi connectivity index (χ2v) is 6.38. The van der Waals surface area contributed by atoms with Crippen molar-refractivity contribution in [2.75, 3.05) is 0 Å². The summed E-state index contributed by atoms with van der Waals surface area (Å²) in [6.45, 7) is 2.21. The predicted octanol–water partition coefficient (Wildman–Crippen LogP) is 4.55. The molecule has 2 aromatic carbocycles. The first-order chi connectivity index (χ1) is 10.8. The van der Waals surface area contributed by atoms with Crippen molar-refractivity contribution < 1.29 is 4.79 Å². The Labute approximate surface area is 131 Å². The summed E-state index contributed by atoms with van der Waals surface area (Å²) in [5.74, 6) is 0.303. The summed E-state index contributed by atoms with van der Waals surface area (Å²) in [4.78, 5) is 14.5. The molecule has 112 valence electrons. The van der Waals surface area contributed by atoms with Gasteiger partial charge in [0.05, 0.1) is 6.04 Å². The van der Waals surface area contributed by atoms with Crippen molar-refractivity contribution in [2.45, 2.75) is 44.7 Å². The van der Waals surface area contributed by atoms with Crippen molar-refractivity contribution in [1.82, 2.24) is 4.90 Å². The molecule has 1 heterocycles. The number of fused-ring (bicyclic) bond motifs is 3. The standard InChI is InChI=1S/C20H21NO/c1-2-3-8-14-13-19(22)21(14)20-17-11-6-4-9-15(17)16-10-5-7-12-18(16)20/h4-7,9-12,14,20H,2-3,8,13H2,1H3. The van der Waals surface area contributed by atoms with Crippen molar-refractivity contribution in [2.24, 2.45) is 0 Å². The molecule has 1 saturated heterocycles. The quantitative estimate of drug-likeness (QED) is 0.757. The molecule has 4 rings (SSSR count). The molecule has 1 unspecified atom stereocenters. The van der Waals surface area contributed by atoms with E-state index in [1.54, 1.807) is 0 Å². The largest absolute Gasteiger partial charge is 0.328 e. The van der Waals surface area contributed by atoms with Gasteiger partial charge >= 0.3 is 0 Å². The zero-order valence-electron chi connectivity index (χ0n) is 13.0. The van der Waals surface area contributed by atoms with Crippen LogP contribution in [0, 0.1) is 0 Å². The van der Waals surface area contributed by atoms with Crippen LogP contribution in [0.5, 0.6) is 0 Å². The smallest absolute Gasteiger partial charge is 0.225 e. The zero-order chi connectivity index (χ0) is 15.1. The van der Waals surface area contributed by atoms with E-state index < -0.39 is 0 Å². The highest BCUT2D eigenvalue weighted by Gasteiger charge is 2.44. The Kier molecular flexibility index (Phi) is 3.25. The van der Waals surface area contributed by atoms with Gasteiger partial charge in [0, 0.05) is 12.5 Å². The molecule has 2 aliphatic rings. The summed E-state index contributed by atoms with van der Waals surface area (Å²) in [7, 11) is 0. The van der Waals surface area contributed by atoms with Crippen molar-refractivity contribution in [3.63, 3.8) is 0 Å². The molecular weight excluding hydrogens is 270 g/mol. The lowest BCUT2D eigenvalue weighted by Crippen LogP contribution is -2.53. The van der Waals surface area contributed by atoms with E-state index in [4.69, 9.17) is 0 Å². The van der Waals surface area contributed by atoms with Crippen LogP contribution in [0.2, 0.25) is 0 Å². The summed E-state index contributed by atoms with van der Waals surface area (Å²) < 4.78 is 0. The van der Waals surface area contributed by atoms with Gasteiger partial charge in [0.15, 0.2) is 0 Å². The third-order valence-electron chi connectivity index (χ3n) is 5.06. The van der Waals surface area contributed by atoms with Crippen LogP contribution in [0.4, 0.5) is 0 Å². The molecule has 1 atom stereocenters. The minimum Gasteiger partial charge on any atom is -0.328 e. The fourth-order valence-electron chi connectivity index (χ4n) is 3.96. The van der Waals surface area contributed by atoms with E-state index in [1.807, 2.05) is 0 Å². The van der Waals surface area contributed by atoms with Crippen molar-refractivity contribution in [1.29, 1.82) is 0 Å². The number of unbranched alkanes of at least 4 members (excludes halogenated alkanes) is 1. The molecule has 0 saturated carbocycles. The minimum atomic E-state index is 0.121. The Balaban J connectivity index is 1.76. The van der Waals surface area contributed by atoms with Gasteiger partial charge < -0.3 is 4.90 Å². The highest BCUT2D eigenvalue weighted by atomic mass is 16.2. The van der Waals surface area contributed by atoms with Gasteiger partial charge in [-0.1, -0.05) is 68.3 Å². The first-order valence-electron chi connectivity index (χ1n) is 8.30. The molecule has 2 nitrogen and oxygen atoms in total. The number of likely N-dealkylation sites (tertiary alicyclic amines) is 1. The molecular formula is C20H21NO. The van der Waals surface area contributed by atoms with Crippen LogP contribution in [0.15, 0.2) is 48.5 Å². The number of benzene rings is 2. The number of hydrogen-bond donors (Lipinski definition) is 0. The second-order valence-electron chi connectivity index (χ2n) is 6.38. The second kappa shape index (κ2) is 5.28. The third-order valence-corrected chi connectivity index (χ3v) is 5.06. The highest BCUT2D eigenvalue weighted by Crippen LogP contribution is 2.49. The van der Waals surface area contributed by atoms with E-state index in [9.17, 15) is 4.79 Å². The number of hydrogen-bond acceptors (Lipinski definition) is 1. The molecule has 2 heteroatoms. The van der Waals surface area contributed by atoms with Crippen LogP contribution in [0.25, 0.3) is 11.1 Å². The Bertz CT molecular complexity index is 676. The monoisotopic (exact) mass is 291 g/mol. The van der Waals surface area contributed by atoms with Gasteiger partial charge in [-0.3, -0.25) is 4.79 Å². The van der Waals surface area contributed by atoms with Crippen LogP contribution in [-0.2, 0) is 4.79 Å². The number of β-lactam (4-membered cyclic amide) rings is 1. The van der Waals surface area contributed by atoms with Gasteiger partial charge in [0.1, 0.15) is 0 Å². The fraction of sp³-hybridized carbons (Fsp3) is 0.350. The normalized spacial score (nSPS) is 19.8. The average molecular weight is 291 g/mol. The summed E-state index contributed by atoms with van der Waals surface area (Å²) in [6.07, 6.45) is 4.24. The average Bonchev–Trinajstić information content (AvgIpc) is 2.86. The van der Waals surface area contributed by atoms with Gasteiger partial charge in [-0.15, -0.1) is 0 Å². The topological polar surface area (TPSA) is 20.3 Å². The first-order valence-corrected chi connectivity index (χ1v) is 8.30. The fourth-order valence-corrected chi connectivity index (χ4v) is 3.96. The van der Waals surface area contributed by atoms with Gasteiger partial charge in [0.25, 0.3) is 0 Å². The lowest BCUT2D eigenvalue weighted by atomic mass is 9.90. The van der Waals surface area contributed by atoms with E-state index in [1.165, 1.54) is 35.1 Å². The molecule has 1 aliphatic carbocycles. The Morgan fingerprint density at radius 2 is 1.59 bits per heavy atom. The van der Waals surface area contributed by atoms with E-state index in [2.05, 4.69) is 60.4 Å². The lowest BCUT2D eigenvalue weighted by Gasteiger charge is -2.45. The predicted molar refractivity (Wildman–Crippen MR) is 88.5 cm³/mol. The number of amides is 1. The van der Waals surface area contributed by atoms with Crippen LogP contribution in [-0.4, -0.2) is 16.8 Å². The summed E-state index contributed by atoms with van der Waals surface area (Å²) in [5, 5.41) is 0. The molecule has 2 aromatic rings. The number of carbonyl (C=O) groups is 1. The Hall–Kier alpha value is -2.09. The van der Waals surface area contributed by atoms with E-state index in [-0.39, 0.29) is 6.04 Å². The molecule has 0 radical (unpaired) electrons. The molecule has 0 N–H and O–H groups in total. The maximum absolute atomic E-state index is 12.3. The highest BCUT2D eigenvalue weighted by molar-refractivity contribution is 5.87. The molecule has 1 fully saturated rings. The number of carbonyl (C=O) groups excluding carboxylic acids is 1. The van der Waals surface area contributed by atoms with Crippen LogP contribution in [0.3, 0.4) is 0 Å².